The molecular weight excluding hydrogens is 355 g/mol. The first-order valence-corrected chi connectivity index (χ1v) is 6.45. The molecule has 1 heterocycles. The fourth-order valence-electron chi connectivity index (χ4n) is 1.44. The van der Waals surface area contributed by atoms with E-state index in [2.05, 4.69) is 26.3 Å². The van der Waals surface area contributed by atoms with Crippen molar-refractivity contribution in [3.8, 4) is 5.75 Å². The average Bonchev–Trinajstić information content (AvgIpc) is 2.86. The lowest BCUT2D eigenvalue weighted by Gasteiger charge is -2.07. The van der Waals surface area contributed by atoms with E-state index < -0.39 is 24.9 Å². The van der Waals surface area contributed by atoms with Crippen molar-refractivity contribution >= 4 is 27.5 Å². The van der Waals surface area contributed by atoms with Crippen LogP contribution in [0.5, 0.6) is 5.75 Å². The SMILES string of the molecule is O=C(COc1ccc(Br)cc1F)Nc1cnn(C(F)F)c1. The molecule has 9 heteroatoms. The molecule has 1 N–H and O–H groups in total. The number of aromatic nitrogens is 2. The second kappa shape index (κ2) is 6.61. The number of alkyl halides is 2. The van der Waals surface area contributed by atoms with Crippen molar-refractivity contribution in [1.82, 2.24) is 9.78 Å². The van der Waals surface area contributed by atoms with Gasteiger partial charge in [-0.3, -0.25) is 4.79 Å². The second-order valence-corrected chi connectivity index (χ2v) is 4.81. The zero-order valence-electron chi connectivity index (χ0n) is 10.4. The zero-order chi connectivity index (χ0) is 15.4. The summed E-state index contributed by atoms with van der Waals surface area (Å²) < 4.78 is 43.9. The number of rotatable bonds is 5. The van der Waals surface area contributed by atoms with E-state index in [1.165, 1.54) is 12.1 Å². The maximum absolute atomic E-state index is 13.4. The van der Waals surface area contributed by atoms with Crippen LogP contribution in [0, 0.1) is 5.82 Å². The maximum atomic E-state index is 13.4. The number of ether oxygens (including phenoxy) is 1. The van der Waals surface area contributed by atoms with Crippen molar-refractivity contribution in [1.29, 1.82) is 0 Å². The van der Waals surface area contributed by atoms with Gasteiger partial charge in [0.2, 0.25) is 0 Å². The Hall–Kier alpha value is -2.03. The van der Waals surface area contributed by atoms with Crippen LogP contribution in [-0.2, 0) is 4.79 Å². The fraction of sp³-hybridized carbons (Fsp3) is 0.167. The van der Waals surface area contributed by atoms with Crippen molar-refractivity contribution in [3.05, 3.63) is 40.9 Å². The molecule has 112 valence electrons. The summed E-state index contributed by atoms with van der Waals surface area (Å²) in [6, 6.07) is 4.12. The molecule has 0 fully saturated rings. The van der Waals surface area contributed by atoms with Gasteiger partial charge in [-0.2, -0.15) is 13.9 Å². The summed E-state index contributed by atoms with van der Waals surface area (Å²) in [5.41, 5.74) is 0.0974. The first-order chi connectivity index (χ1) is 9.95. The third-order valence-corrected chi connectivity index (χ3v) is 2.83. The van der Waals surface area contributed by atoms with Gasteiger partial charge in [-0.1, -0.05) is 15.9 Å². The molecule has 0 atom stereocenters. The van der Waals surface area contributed by atoms with Crippen LogP contribution < -0.4 is 10.1 Å². The van der Waals surface area contributed by atoms with E-state index in [0.29, 0.717) is 9.15 Å². The molecule has 1 aromatic carbocycles. The average molecular weight is 364 g/mol. The molecular formula is C12H9BrF3N3O2. The number of nitrogens with one attached hydrogen (secondary N) is 1. The smallest absolute Gasteiger partial charge is 0.333 e. The van der Waals surface area contributed by atoms with Crippen LogP contribution in [0.4, 0.5) is 18.9 Å². The lowest BCUT2D eigenvalue weighted by molar-refractivity contribution is -0.118. The third-order valence-electron chi connectivity index (χ3n) is 2.34. The summed E-state index contributed by atoms with van der Waals surface area (Å²) in [7, 11) is 0. The quantitative estimate of drug-likeness (QED) is 0.887. The lowest BCUT2D eigenvalue weighted by atomic mass is 10.3. The van der Waals surface area contributed by atoms with Gasteiger partial charge in [-0.25, -0.2) is 9.07 Å². The van der Waals surface area contributed by atoms with Crippen molar-refractivity contribution in [2.45, 2.75) is 6.55 Å². The number of benzene rings is 1. The Morgan fingerprint density at radius 1 is 1.48 bits per heavy atom. The molecule has 0 aliphatic carbocycles. The number of carbonyl (C=O) groups excluding carboxylic acids is 1. The second-order valence-electron chi connectivity index (χ2n) is 3.90. The Labute approximate surface area is 125 Å². The molecule has 0 aliphatic heterocycles. The maximum Gasteiger partial charge on any atom is 0.333 e. The van der Waals surface area contributed by atoms with E-state index in [1.54, 1.807) is 6.07 Å². The largest absolute Gasteiger partial charge is 0.481 e. The summed E-state index contributed by atoms with van der Waals surface area (Å²) in [6.45, 7) is -3.25. The van der Waals surface area contributed by atoms with E-state index in [0.717, 1.165) is 12.4 Å². The van der Waals surface area contributed by atoms with Crippen LogP contribution in [0.1, 0.15) is 6.55 Å². The highest BCUT2D eigenvalue weighted by Crippen LogP contribution is 2.21. The summed E-state index contributed by atoms with van der Waals surface area (Å²) >= 11 is 3.09. The number of amides is 1. The van der Waals surface area contributed by atoms with Crippen LogP contribution in [0.2, 0.25) is 0 Å². The molecule has 0 saturated carbocycles. The minimum absolute atomic E-state index is 0.0865. The molecule has 1 aromatic heterocycles. The molecule has 0 aliphatic rings. The predicted molar refractivity (Wildman–Crippen MR) is 71.7 cm³/mol. The summed E-state index contributed by atoms with van der Waals surface area (Å²) in [5.74, 6) is -1.33. The highest BCUT2D eigenvalue weighted by atomic mass is 79.9. The minimum atomic E-state index is -2.79. The molecule has 0 spiro atoms. The zero-order valence-corrected chi connectivity index (χ0v) is 12.0. The van der Waals surface area contributed by atoms with E-state index >= 15 is 0 Å². The monoisotopic (exact) mass is 363 g/mol. The predicted octanol–water partition coefficient (Wildman–Crippen LogP) is 3.20. The number of anilines is 1. The Morgan fingerprint density at radius 2 is 2.24 bits per heavy atom. The molecule has 2 aromatic rings. The summed E-state index contributed by atoms with van der Waals surface area (Å²) in [4.78, 5) is 11.6. The Bertz CT molecular complexity index is 648. The fourth-order valence-corrected chi connectivity index (χ4v) is 1.78. The highest BCUT2D eigenvalue weighted by molar-refractivity contribution is 9.10. The number of nitrogens with zero attached hydrogens (tertiary/aromatic N) is 2. The summed E-state index contributed by atoms with van der Waals surface area (Å²) in [6.07, 6.45) is 2.05. The Kier molecular flexibility index (Phi) is 4.84. The normalized spacial score (nSPS) is 10.7. The topological polar surface area (TPSA) is 56.1 Å². The molecule has 0 unspecified atom stereocenters. The molecule has 2 rings (SSSR count). The van der Waals surface area contributed by atoms with Crippen molar-refractivity contribution in [2.75, 3.05) is 11.9 Å². The van der Waals surface area contributed by atoms with Crippen molar-refractivity contribution in [3.63, 3.8) is 0 Å². The van der Waals surface area contributed by atoms with E-state index in [1.807, 2.05) is 0 Å². The first-order valence-electron chi connectivity index (χ1n) is 5.65. The number of halogens is 4. The number of carbonyl (C=O) groups is 1. The van der Waals surface area contributed by atoms with Gasteiger partial charge in [-0.05, 0) is 18.2 Å². The van der Waals surface area contributed by atoms with Gasteiger partial charge in [0, 0.05) is 4.47 Å². The van der Waals surface area contributed by atoms with Gasteiger partial charge in [0.25, 0.3) is 5.91 Å². The lowest BCUT2D eigenvalue weighted by Crippen LogP contribution is -2.20. The number of hydrogen-bond acceptors (Lipinski definition) is 3. The van der Waals surface area contributed by atoms with Gasteiger partial charge in [-0.15, -0.1) is 0 Å². The minimum Gasteiger partial charge on any atom is -0.481 e. The number of hydrogen-bond donors (Lipinski definition) is 1. The van der Waals surface area contributed by atoms with Gasteiger partial charge in [0.15, 0.2) is 18.2 Å². The van der Waals surface area contributed by atoms with Gasteiger partial charge in [0.05, 0.1) is 18.1 Å². The van der Waals surface area contributed by atoms with Crippen LogP contribution >= 0.6 is 15.9 Å². The highest BCUT2D eigenvalue weighted by Gasteiger charge is 2.11. The van der Waals surface area contributed by atoms with Gasteiger partial charge < -0.3 is 10.1 Å². The van der Waals surface area contributed by atoms with Crippen LogP contribution in [0.15, 0.2) is 35.1 Å². The van der Waals surface area contributed by atoms with E-state index in [-0.39, 0.29) is 11.4 Å². The standard InChI is InChI=1S/C12H9BrF3N3O2/c13-7-1-2-10(9(14)3-7)21-6-11(20)18-8-4-17-19(5-8)12(15)16/h1-5,12H,6H2,(H,18,20). The van der Waals surface area contributed by atoms with E-state index in [4.69, 9.17) is 4.74 Å². The molecule has 0 saturated heterocycles. The van der Waals surface area contributed by atoms with Crippen LogP contribution in [0.25, 0.3) is 0 Å². The molecule has 0 radical (unpaired) electrons. The first kappa shape index (κ1) is 15.4. The van der Waals surface area contributed by atoms with Crippen molar-refractivity contribution < 1.29 is 22.7 Å². The third kappa shape index (κ3) is 4.22. The van der Waals surface area contributed by atoms with Crippen LogP contribution in [0.3, 0.4) is 0 Å². The Balaban J connectivity index is 1.89. The summed E-state index contributed by atoms with van der Waals surface area (Å²) in [5, 5.41) is 5.66. The molecule has 5 nitrogen and oxygen atoms in total. The van der Waals surface area contributed by atoms with Crippen molar-refractivity contribution in [2.24, 2.45) is 0 Å². The van der Waals surface area contributed by atoms with Gasteiger partial charge in [0.1, 0.15) is 0 Å². The van der Waals surface area contributed by atoms with Crippen LogP contribution in [-0.4, -0.2) is 22.3 Å². The molecule has 21 heavy (non-hydrogen) atoms. The molecule has 0 bridgehead atoms. The Morgan fingerprint density at radius 3 is 2.86 bits per heavy atom. The van der Waals surface area contributed by atoms with Gasteiger partial charge >= 0.3 is 6.55 Å². The molecule has 1 amide bonds. The van der Waals surface area contributed by atoms with E-state index in [9.17, 15) is 18.0 Å².